The van der Waals surface area contributed by atoms with Crippen molar-refractivity contribution in [3.8, 4) is 0 Å². The van der Waals surface area contributed by atoms with Crippen LogP contribution in [0.25, 0.3) is 0 Å². The molecule has 0 aliphatic rings. The molecule has 0 saturated carbocycles. The van der Waals surface area contributed by atoms with E-state index in [4.69, 9.17) is 13.9 Å². The second kappa shape index (κ2) is 5.66. The summed E-state index contributed by atoms with van der Waals surface area (Å²) < 4.78 is 35.8. The quantitative estimate of drug-likeness (QED) is 0.858. The van der Waals surface area contributed by atoms with E-state index in [2.05, 4.69) is 15.9 Å². The molecule has 0 bridgehead atoms. The van der Waals surface area contributed by atoms with Gasteiger partial charge < -0.3 is 13.9 Å². The molecule has 2 heterocycles. The zero-order valence-corrected chi connectivity index (χ0v) is 13.6. The van der Waals surface area contributed by atoms with Gasteiger partial charge in [0, 0.05) is 25.2 Å². The Balaban J connectivity index is 2.33. The Morgan fingerprint density at radius 3 is 2.62 bits per heavy atom. The van der Waals surface area contributed by atoms with Gasteiger partial charge in [-0.3, -0.25) is 0 Å². The van der Waals surface area contributed by atoms with Crippen molar-refractivity contribution in [1.29, 1.82) is 0 Å². The van der Waals surface area contributed by atoms with Gasteiger partial charge in [0.05, 0.1) is 6.26 Å². The zero-order chi connectivity index (χ0) is 15.8. The van der Waals surface area contributed by atoms with Crippen LogP contribution in [0, 0.1) is 6.92 Å². The second-order valence-electron chi connectivity index (χ2n) is 4.32. The number of furan rings is 2. The summed E-state index contributed by atoms with van der Waals surface area (Å²) >= 11 is 2.93. The fourth-order valence-electron chi connectivity index (χ4n) is 1.70. The SMILES string of the molecule is Cc1occc1CN(C)S(=O)(=O)c1cc(C(=O)O)oc1Br. The predicted octanol–water partition coefficient (Wildman–Crippen LogP) is 2.46. The highest BCUT2D eigenvalue weighted by Gasteiger charge is 2.29. The number of carboxylic acid groups (broad SMARTS) is 1. The normalized spacial score (nSPS) is 12.0. The summed E-state index contributed by atoms with van der Waals surface area (Å²) in [7, 11) is -2.50. The third-order valence-electron chi connectivity index (χ3n) is 2.91. The molecular weight excluding hydrogens is 366 g/mol. The van der Waals surface area contributed by atoms with Gasteiger partial charge >= 0.3 is 5.97 Å². The van der Waals surface area contributed by atoms with Crippen LogP contribution in [0.3, 0.4) is 0 Å². The molecule has 114 valence electrons. The van der Waals surface area contributed by atoms with Crippen molar-refractivity contribution in [2.75, 3.05) is 7.05 Å². The molecule has 0 amide bonds. The summed E-state index contributed by atoms with van der Waals surface area (Å²) in [6.45, 7) is 1.83. The van der Waals surface area contributed by atoms with Crippen LogP contribution in [0.2, 0.25) is 0 Å². The highest BCUT2D eigenvalue weighted by Crippen LogP contribution is 2.29. The summed E-state index contributed by atoms with van der Waals surface area (Å²) in [4.78, 5) is 10.6. The van der Waals surface area contributed by atoms with Crippen LogP contribution >= 0.6 is 15.9 Å². The van der Waals surface area contributed by atoms with E-state index in [0.717, 1.165) is 15.9 Å². The summed E-state index contributed by atoms with van der Waals surface area (Å²) in [5.74, 6) is -1.17. The molecule has 2 rings (SSSR count). The molecule has 0 saturated heterocycles. The molecule has 21 heavy (non-hydrogen) atoms. The minimum absolute atomic E-state index is 0.102. The summed E-state index contributed by atoms with van der Waals surface area (Å²) in [5.41, 5.74) is 0.721. The van der Waals surface area contributed by atoms with Crippen molar-refractivity contribution in [2.24, 2.45) is 0 Å². The monoisotopic (exact) mass is 377 g/mol. The van der Waals surface area contributed by atoms with Crippen molar-refractivity contribution in [2.45, 2.75) is 18.4 Å². The molecule has 0 unspecified atom stereocenters. The van der Waals surface area contributed by atoms with Crippen LogP contribution in [0.15, 0.2) is 36.8 Å². The van der Waals surface area contributed by atoms with Gasteiger partial charge in [0.15, 0.2) is 4.67 Å². The number of carboxylic acids is 1. The minimum Gasteiger partial charge on any atom is -0.475 e. The third kappa shape index (κ3) is 3.04. The van der Waals surface area contributed by atoms with Crippen LogP contribution in [0.5, 0.6) is 0 Å². The molecule has 2 aromatic heterocycles. The standard InChI is InChI=1S/C12H12BrNO6S/c1-7-8(3-4-19-7)6-14(2)21(17,18)10-5-9(12(15)16)20-11(10)13/h3-5H,6H2,1-2H3,(H,15,16). The Kier molecular flexibility index (Phi) is 4.26. The van der Waals surface area contributed by atoms with E-state index < -0.39 is 21.8 Å². The Morgan fingerprint density at radius 2 is 2.14 bits per heavy atom. The largest absolute Gasteiger partial charge is 0.475 e. The number of hydrogen-bond acceptors (Lipinski definition) is 5. The lowest BCUT2D eigenvalue weighted by atomic mass is 10.3. The van der Waals surface area contributed by atoms with E-state index >= 15 is 0 Å². The number of carbonyl (C=O) groups is 1. The Bertz CT molecular complexity index is 776. The highest BCUT2D eigenvalue weighted by molar-refractivity contribution is 9.10. The fourth-order valence-corrected chi connectivity index (χ4v) is 3.75. The Hall–Kier alpha value is -1.58. The maximum Gasteiger partial charge on any atom is 0.371 e. The molecular formula is C12H12BrNO6S. The first-order chi connectivity index (χ1) is 9.73. The second-order valence-corrected chi connectivity index (χ2v) is 7.05. The summed E-state index contributed by atoms with van der Waals surface area (Å²) in [5, 5.41) is 8.84. The van der Waals surface area contributed by atoms with E-state index in [9.17, 15) is 13.2 Å². The van der Waals surface area contributed by atoms with Gasteiger partial charge in [0.2, 0.25) is 15.8 Å². The van der Waals surface area contributed by atoms with Gasteiger partial charge in [-0.05, 0) is 28.9 Å². The lowest BCUT2D eigenvalue weighted by Crippen LogP contribution is -2.26. The summed E-state index contributed by atoms with van der Waals surface area (Å²) in [6, 6.07) is 2.65. The number of sulfonamides is 1. The molecule has 0 aliphatic heterocycles. The lowest BCUT2D eigenvalue weighted by molar-refractivity contribution is 0.0661. The first kappa shape index (κ1) is 15.8. The first-order valence-corrected chi connectivity index (χ1v) is 7.98. The number of hydrogen-bond donors (Lipinski definition) is 1. The van der Waals surface area contributed by atoms with Gasteiger partial charge in [0.25, 0.3) is 0 Å². The molecule has 0 spiro atoms. The van der Waals surface area contributed by atoms with Crippen molar-refractivity contribution < 1.29 is 27.2 Å². The van der Waals surface area contributed by atoms with Crippen molar-refractivity contribution >= 4 is 31.9 Å². The van der Waals surface area contributed by atoms with E-state index in [1.807, 2.05) is 0 Å². The van der Waals surface area contributed by atoms with Crippen LogP contribution < -0.4 is 0 Å². The number of aryl methyl sites for hydroxylation is 1. The van der Waals surface area contributed by atoms with E-state index in [-0.39, 0.29) is 16.1 Å². The van der Waals surface area contributed by atoms with Crippen molar-refractivity contribution in [3.05, 3.63) is 40.1 Å². The van der Waals surface area contributed by atoms with E-state index in [0.29, 0.717) is 5.76 Å². The number of aromatic carboxylic acids is 1. The third-order valence-corrected chi connectivity index (χ3v) is 5.57. The van der Waals surface area contributed by atoms with Gasteiger partial charge in [-0.2, -0.15) is 4.31 Å². The lowest BCUT2D eigenvalue weighted by Gasteiger charge is -2.15. The Morgan fingerprint density at radius 1 is 1.48 bits per heavy atom. The average Bonchev–Trinajstić information content (AvgIpc) is 2.96. The maximum absolute atomic E-state index is 12.4. The topological polar surface area (TPSA) is 101 Å². The minimum atomic E-state index is -3.89. The molecule has 9 heteroatoms. The number of rotatable bonds is 5. The van der Waals surface area contributed by atoms with Gasteiger partial charge in [-0.25, -0.2) is 13.2 Å². The average molecular weight is 378 g/mol. The molecule has 0 aromatic carbocycles. The number of halogens is 1. The molecule has 7 nitrogen and oxygen atoms in total. The van der Waals surface area contributed by atoms with Crippen LogP contribution in [0.4, 0.5) is 0 Å². The van der Waals surface area contributed by atoms with Gasteiger partial charge in [0.1, 0.15) is 10.7 Å². The molecule has 0 atom stereocenters. The molecule has 0 radical (unpaired) electrons. The predicted molar refractivity (Wildman–Crippen MR) is 75.5 cm³/mol. The smallest absolute Gasteiger partial charge is 0.371 e. The van der Waals surface area contributed by atoms with Crippen molar-refractivity contribution in [3.63, 3.8) is 0 Å². The molecule has 0 fully saturated rings. The molecule has 0 aliphatic carbocycles. The molecule has 1 N–H and O–H groups in total. The van der Waals surface area contributed by atoms with E-state index in [1.165, 1.54) is 13.3 Å². The van der Waals surface area contributed by atoms with E-state index in [1.54, 1.807) is 13.0 Å². The van der Waals surface area contributed by atoms with Crippen LogP contribution in [-0.2, 0) is 16.6 Å². The summed E-state index contributed by atoms with van der Waals surface area (Å²) in [6.07, 6.45) is 1.47. The van der Waals surface area contributed by atoms with Crippen LogP contribution in [-0.4, -0.2) is 30.8 Å². The number of nitrogens with zero attached hydrogens (tertiary/aromatic N) is 1. The zero-order valence-electron chi connectivity index (χ0n) is 11.2. The Labute approximate surface area is 129 Å². The van der Waals surface area contributed by atoms with Crippen LogP contribution in [0.1, 0.15) is 21.9 Å². The fraction of sp³-hybridized carbons (Fsp3) is 0.250. The molecule has 2 aromatic rings. The first-order valence-electron chi connectivity index (χ1n) is 5.75. The van der Waals surface area contributed by atoms with Crippen molar-refractivity contribution in [1.82, 2.24) is 4.31 Å². The highest BCUT2D eigenvalue weighted by atomic mass is 79.9. The maximum atomic E-state index is 12.4. The van der Waals surface area contributed by atoms with Gasteiger partial charge in [-0.15, -0.1) is 0 Å². The van der Waals surface area contributed by atoms with Gasteiger partial charge in [-0.1, -0.05) is 0 Å².